The van der Waals surface area contributed by atoms with Crippen molar-refractivity contribution in [1.82, 2.24) is 10.2 Å². The molecular formula is C21H25N3O3S. The van der Waals surface area contributed by atoms with Crippen LogP contribution in [0.1, 0.15) is 42.7 Å². The van der Waals surface area contributed by atoms with E-state index in [0.29, 0.717) is 12.1 Å². The average Bonchev–Trinajstić information content (AvgIpc) is 3.36. The Morgan fingerprint density at radius 1 is 1.11 bits per heavy atom. The Kier molecular flexibility index (Phi) is 6.81. The summed E-state index contributed by atoms with van der Waals surface area (Å²) < 4.78 is 0. The van der Waals surface area contributed by atoms with Gasteiger partial charge in [-0.1, -0.05) is 18.2 Å². The second-order valence-electron chi connectivity index (χ2n) is 6.98. The van der Waals surface area contributed by atoms with E-state index in [1.54, 1.807) is 0 Å². The highest BCUT2D eigenvalue weighted by Gasteiger charge is 2.19. The molecule has 0 unspecified atom stereocenters. The fraction of sp³-hybridized carbons (Fsp3) is 0.381. The number of benzene rings is 1. The standard InChI is InChI=1S/C21H25N3O3S/c1-15(25)22-18(19-5-4-12-28-19)14-20(26)23-17-8-6-16(7-9-17)13-21(27)24-10-2-3-11-24/h4-9,12,18H,2-3,10-11,13-14H2,1H3,(H,22,25)(H,23,26)/t18-/m1/s1. The molecule has 1 saturated heterocycles. The van der Waals surface area contributed by atoms with Crippen molar-refractivity contribution in [3.63, 3.8) is 0 Å². The summed E-state index contributed by atoms with van der Waals surface area (Å²) in [5.74, 6) is -0.186. The van der Waals surface area contributed by atoms with Gasteiger partial charge in [-0.3, -0.25) is 14.4 Å². The summed E-state index contributed by atoms with van der Waals surface area (Å²) in [6.45, 7) is 3.15. The number of hydrogen-bond donors (Lipinski definition) is 2. The molecule has 1 aliphatic heterocycles. The third kappa shape index (κ3) is 5.66. The smallest absolute Gasteiger partial charge is 0.226 e. The second-order valence-corrected chi connectivity index (χ2v) is 7.96. The molecule has 0 spiro atoms. The van der Waals surface area contributed by atoms with Gasteiger partial charge in [0.2, 0.25) is 17.7 Å². The highest BCUT2D eigenvalue weighted by molar-refractivity contribution is 7.10. The van der Waals surface area contributed by atoms with Gasteiger partial charge in [-0.25, -0.2) is 0 Å². The lowest BCUT2D eigenvalue weighted by molar-refractivity contribution is -0.129. The molecule has 7 heteroatoms. The minimum atomic E-state index is -0.338. The van der Waals surface area contributed by atoms with Crippen molar-refractivity contribution in [2.75, 3.05) is 18.4 Å². The van der Waals surface area contributed by atoms with E-state index in [1.165, 1.54) is 18.3 Å². The van der Waals surface area contributed by atoms with Crippen LogP contribution in [0.25, 0.3) is 0 Å². The molecule has 0 saturated carbocycles. The molecule has 2 N–H and O–H groups in total. The quantitative estimate of drug-likeness (QED) is 0.751. The van der Waals surface area contributed by atoms with Crippen LogP contribution >= 0.6 is 11.3 Å². The molecule has 3 amide bonds. The van der Waals surface area contributed by atoms with Crippen LogP contribution in [0.5, 0.6) is 0 Å². The first kappa shape index (κ1) is 20.1. The zero-order valence-corrected chi connectivity index (χ0v) is 16.8. The fourth-order valence-corrected chi connectivity index (χ4v) is 4.09. The third-order valence-corrected chi connectivity index (χ3v) is 5.69. The molecule has 0 aliphatic carbocycles. The van der Waals surface area contributed by atoms with E-state index in [-0.39, 0.29) is 30.2 Å². The Labute approximate surface area is 168 Å². The normalized spacial score (nSPS) is 14.5. The van der Waals surface area contributed by atoms with Gasteiger partial charge in [0.15, 0.2) is 0 Å². The summed E-state index contributed by atoms with van der Waals surface area (Å²) in [5.41, 5.74) is 1.61. The Balaban J connectivity index is 1.54. The minimum Gasteiger partial charge on any atom is -0.348 e. The van der Waals surface area contributed by atoms with E-state index >= 15 is 0 Å². The van der Waals surface area contributed by atoms with Gasteiger partial charge in [0.1, 0.15) is 0 Å². The molecule has 0 radical (unpaired) electrons. The van der Waals surface area contributed by atoms with Crippen LogP contribution in [0.4, 0.5) is 5.69 Å². The summed E-state index contributed by atoms with van der Waals surface area (Å²) in [7, 11) is 0. The largest absolute Gasteiger partial charge is 0.348 e. The summed E-state index contributed by atoms with van der Waals surface area (Å²) in [6.07, 6.45) is 2.72. The van der Waals surface area contributed by atoms with Gasteiger partial charge in [0.25, 0.3) is 0 Å². The van der Waals surface area contributed by atoms with E-state index in [9.17, 15) is 14.4 Å². The van der Waals surface area contributed by atoms with Crippen LogP contribution in [0.15, 0.2) is 41.8 Å². The van der Waals surface area contributed by atoms with Crippen LogP contribution in [0.2, 0.25) is 0 Å². The van der Waals surface area contributed by atoms with Gasteiger partial charge in [0.05, 0.1) is 18.9 Å². The van der Waals surface area contributed by atoms with Gasteiger partial charge in [-0.15, -0.1) is 11.3 Å². The monoisotopic (exact) mass is 399 g/mol. The van der Waals surface area contributed by atoms with Crippen molar-refractivity contribution < 1.29 is 14.4 Å². The first-order chi connectivity index (χ1) is 13.5. The van der Waals surface area contributed by atoms with Crippen molar-refractivity contribution >= 4 is 34.7 Å². The van der Waals surface area contributed by atoms with Crippen LogP contribution in [-0.2, 0) is 20.8 Å². The van der Waals surface area contributed by atoms with Gasteiger partial charge in [-0.05, 0) is 42.0 Å². The highest BCUT2D eigenvalue weighted by Crippen LogP contribution is 2.23. The number of anilines is 1. The molecule has 1 atom stereocenters. The van der Waals surface area contributed by atoms with Crippen molar-refractivity contribution in [1.29, 1.82) is 0 Å². The Hall–Kier alpha value is -2.67. The van der Waals surface area contributed by atoms with E-state index < -0.39 is 0 Å². The maximum absolute atomic E-state index is 12.4. The average molecular weight is 400 g/mol. The Bertz CT molecular complexity index is 812. The molecule has 148 valence electrons. The van der Waals surface area contributed by atoms with Crippen molar-refractivity contribution in [3.05, 3.63) is 52.2 Å². The second kappa shape index (κ2) is 9.50. The van der Waals surface area contributed by atoms with Gasteiger partial charge in [-0.2, -0.15) is 0 Å². The van der Waals surface area contributed by atoms with Gasteiger partial charge in [0, 0.05) is 30.6 Å². The Morgan fingerprint density at radius 3 is 2.43 bits per heavy atom. The maximum Gasteiger partial charge on any atom is 0.226 e. The third-order valence-electron chi connectivity index (χ3n) is 4.71. The zero-order chi connectivity index (χ0) is 19.9. The maximum atomic E-state index is 12.4. The number of nitrogens with zero attached hydrogens (tertiary/aromatic N) is 1. The molecule has 1 fully saturated rings. The lowest BCUT2D eigenvalue weighted by Gasteiger charge is -2.17. The zero-order valence-electron chi connectivity index (χ0n) is 15.9. The molecule has 2 heterocycles. The number of likely N-dealkylation sites (tertiary alicyclic amines) is 1. The summed E-state index contributed by atoms with van der Waals surface area (Å²) >= 11 is 1.51. The van der Waals surface area contributed by atoms with Crippen molar-refractivity contribution in [2.24, 2.45) is 0 Å². The highest BCUT2D eigenvalue weighted by atomic mass is 32.1. The molecule has 2 aromatic rings. The topological polar surface area (TPSA) is 78.5 Å². The molecule has 3 rings (SSSR count). The van der Waals surface area contributed by atoms with Crippen LogP contribution in [0.3, 0.4) is 0 Å². The Morgan fingerprint density at radius 2 is 1.82 bits per heavy atom. The van der Waals surface area contributed by atoms with Crippen LogP contribution in [0, 0.1) is 0 Å². The molecule has 1 aromatic heterocycles. The number of carbonyl (C=O) groups excluding carboxylic acids is 3. The molecule has 1 aromatic carbocycles. The van der Waals surface area contributed by atoms with Gasteiger partial charge < -0.3 is 15.5 Å². The number of rotatable bonds is 7. The van der Waals surface area contributed by atoms with Crippen molar-refractivity contribution in [3.8, 4) is 0 Å². The fourth-order valence-electron chi connectivity index (χ4n) is 3.31. The lowest BCUT2D eigenvalue weighted by atomic mass is 10.1. The number of hydrogen-bond acceptors (Lipinski definition) is 4. The van der Waals surface area contributed by atoms with Crippen LogP contribution < -0.4 is 10.6 Å². The predicted molar refractivity (Wildman–Crippen MR) is 110 cm³/mol. The number of thiophene rings is 1. The summed E-state index contributed by atoms with van der Waals surface area (Å²) in [5, 5.41) is 7.61. The van der Waals surface area contributed by atoms with E-state index in [2.05, 4.69) is 10.6 Å². The first-order valence-electron chi connectivity index (χ1n) is 9.48. The number of carbonyl (C=O) groups is 3. The van der Waals surface area contributed by atoms with Crippen molar-refractivity contribution in [2.45, 2.75) is 38.6 Å². The molecule has 28 heavy (non-hydrogen) atoms. The van der Waals surface area contributed by atoms with Crippen LogP contribution in [-0.4, -0.2) is 35.7 Å². The first-order valence-corrected chi connectivity index (χ1v) is 10.4. The summed E-state index contributed by atoms with van der Waals surface area (Å²) in [4.78, 5) is 38.9. The van der Waals surface area contributed by atoms with E-state index in [1.807, 2.05) is 46.7 Å². The van der Waals surface area contributed by atoms with E-state index in [4.69, 9.17) is 0 Å². The number of amides is 3. The SMILES string of the molecule is CC(=O)N[C@H](CC(=O)Nc1ccc(CC(=O)N2CCCC2)cc1)c1cccs1. The molecule has 6 nitrogen and oxygen atoms in total. The predicted octanol–water partition coefficient (Wildman–Crippen LogP) is 3.12. The molecular weight excluding hydrogens is 374 g/mol. The molecule has 1 aliphatic rings. The van der Waals surface area contributed by atoms with E-state index in [0.717, 1.165) is 36.4 Å². The molecule has 0 bridgehead atoms. The van der Waals surface area contributed by atoms with Gasteiger partial charge >= 0.3 is 0 Å². The minimum absolute atomic E-state index is 0.156. The lowest BCUT2D eigenvalue weighted by Crippen LogP contribution is -2.29. The summed E-state index contributed by atoms with van der Waals surface area (Å²) in [6, 6.07) is 10.8. The number of nitrogens with one attached hydrogen (secondary N) is 2.